The van der Waals surface area contributed by atoms with Gasteiger partial charge in [-0.3, -0.25) is 0 Å². The molecule has 2 aromatic rings. The first-order valence-electron chi connectivity index (χ1n) is 9.27. The van der Waals surface area contributed by atoms with Crippen LogP contribution in [0.4, 0.5) is 0 Å². The van der Waals surface area contributed by atoms with Crippen LogP contribution in [0.5, 0.6) is 11.5 Å². The second kappa shape index (κ2) is 11.1. The van der Waals surface area contributed by atoms with Crippen LogP contribution in [0.15, 0.2) is 53.7 Å². The molecule has 0 amide bonds. The van der Waals surface area contributed by atoms with Crippen LogP contribution < -0.4 is 9.47 Å². The molecule has 4 heteroatoms. The van der Waals surface area contributed by atoms with Crippen molar-refractivity contribution in [3.63, 3.8) is 0 Å². The second-order valence-electron chi connectivity index (χ2n) is 6.38. The predicted molar refractivity (Wildman–Crippen MR) is 111 cm³/mol. The molecule has 144 valence electrons. The van der Waals surface area contributed by atoms with Gasteiger partial charge in [-0.2, -0.15) is 0 Å². The molecule has 0 spiro atoms. The maximum atomic E-state index is 6.04. The Morgan fingerprint density at radius 2 is 1.70 bits per heavy atom. The van der Waals surface area contributed by atoms with Gasteiger partial charge in [0.2, 0.25) is 0 Å². The number of aryl methyl sites for hydroxylation is 3. The predicted octanol–water partition coefficient (Wildman–Crippen LogP) is 5.25. The molecule has 4 nitrogen and oxygen atoms in total. The quantitative estimate of drug-likeness (QED) is 0.249. The van der Waals surface area contributed by atoms with E-state index >= 15 is 0 Å². The number of nitrogens with zero attached hydrogens (tertiary/aromatic N) is 1. The van der Waals surface area contributed by atoms with Gasteiger partial charge in [0.05, 0.1) is 12.8 Å². The minimum Gasteiger partial charge on any atom is -0.493 e. The third-order valence-electron chi connectivity index (χ3n) is 4.16. The Hall–Kier alpha value is -2.75. The molecule has 2 aromatic carbocycles. The number of hydrogen-bond donors (Lipinski definition) is 0. The lowest BCUT2D eigenvalue weighted by Gasteiger charge is -2.14. The van der Waals surface area contributed by atoms with E-state index in [1.807, 2.05) is 43.3 Å². The Bertz CT molecular complexity index is 741. The summed E-state index contributed by atoms with van der Waals surface area (Å²) in [6, 6.07) is 12.4. The summed E-state index contributed by atoms with van der Waals surface area (Å²) >= 11 is 0. The average molecular weight is 367 g/mol. The van der Waals surface area contributed by atoms with Crippen LogP contribution in [-0.2, 0) is 11.3 Å². The first-order valence-corrected chi connectivity index (χ1v) is 9.27. The van der Waals surface area contributed by atoms with Crippen molar-refractivity contribution in [3.05, 3.63) is 70.8 Å². The molecular formula is C23H29NO3. The molecule has 0 atom stereocenters. The SMILES string of the molecule is C/C=C/COc1cc(C)c(OCCCc2ccc(/C=N/OC)cc2)c(C)c1. The third kappa shape index (κ3) is 6.81. The summed E-state index contributed by atoms with van der Waals surface area (Å²) in [7, 11) is 1.54. The highest BCUT2D eigenvalue weighted by Gasteiger charge is 2.07. The van der Waals surface area contributed by atoms with Crippen molar-refractivity contribution in [2.24, 2.45) is 5.16 Å². The highest BCUT2D eigenvalue weighted by atomic mass is 16.6. The zero-order valence-corrected chi connectivity index (χ0v) is 16.7. The molecule has 0 fully saturated rings. The lowest BCUT2D eigenvalue weighted by molar-refractivity contribution is 0.215. The van der Waals surface area contributed by atoms with Gasteiger partial charge in [0.25, 0.3) is 0 Å². The number of hydrogen-bond acceptors (Lipinski definition) is 4. The molecule has 0 bridgehead atoms. The molecule has 0 saturated carbocycles. The molecule has 0 saturated heterocycles. The van der Waals surface area contributed by atoms with E-state index in [1.54, 1.807) is 13.3 Å². The van der Waals surface area contributed by atoms with E-state index in [0.717, 1.165) is 41.0 Å². The van der Waals surface area contributed by atoms with Gasteiger partial charge in [0.15, 0.2) is 0 Å². The zero-order chi connectivity index (χ0) is 19.5. The Morgan fingerprint density at radius 1 is 1.00 bits per heavy atom. The standard InChI is InChI=1S/C23H29NO3/c1-5-6-13-26-22-15-18(2)23(19(3)16-22)27-14-7-8-20-9-11-21(12-10-20)17-24-25-4/h5-6,9-12,15-17H,7-8,13-14H2,1-4H3/b6-5+,24-17+. The largest absolute Gasteiger partial charge is 0.493 e. The minimum absolute atomic E-state index is 0.589. The minimum atomic E-state index is 0.589. The molecule has 0 aromatic heterocycles. The number of rotatable bonds is 10. The van der Waals surface area contributed by atoms with Gasteiger partial charge < -0.3 is 14.3 Å². The van der Waals surface area contributed by atoms with Crippen molar-refractivity contribution < 1.29 is 14.3 Å². The molecule has 2 rings (SSSR count). The van der Waals surface area contributed by atoms with Crippen LogP contribution in [0.2, 0.25) is 0 Å². The molecule has 0 aliphatic heterocycles. The van der Waals surface area contributed by atoms with Crippen molar-refractivity contribution in [3.8, 4) is 11.5 Å². The summed E-state index contributed by atoms with van der Waals surface area (Å²) < 4.78 is 11.8. The van der Waals surface area contributed by atoms with Crippen LogP contribution in [-0.4, -0.2) is 26.5 Å². The summed E-state index contributed by atoms with van der Waals surface area (Å²) in [5.74, 6) is 1.84. The maximum absolute atomic E-state index is 6.04. The number of ether oxygens (including phenoxy) is 2. The summed E-state index contributed by atoms with van der Waals surface area (Å²) in [5.41, 5.74) is 4.52. The summed E-state index contributed by atoms with van der Waals surface area (Å²) in [6.07, 6.45) is 7.61. The van der Waals surface area contributed by atoms with Gasteiger partial charge in [-0.1, -0.05) is 41.6 Å². The summed E-state index contributed by atoms with van der Waals surface area (Å²) in [6.45, 7) is 7.39. The molecule has 27 heavy (non-hydrogen) atoms. The zero-order valence-electron chi connectivity index (χ0n) is 16.7. The van der Waals surface area contributed by atoms with Crippen molar-refractivity contribution in [2.45, 2.75) is 33.6 Å². The Morgan fingerprint density at radius 3 is 2.33 bits per heavy atom. The number of allylic oxidation sites excluding steroid dienone is 1. The third-order valence-corrected chi connectivity index (χ3v) is 4.16. The second-order valence-corrected chi connectivity index (χ2v) is 6.38. The van der Waals surface area contributed by atoms with Crippen LogP contribution >= 0.6 is 0 Å². The van der Waals surface area contributed by atoms with Crippen LogP contribution in [0.1, 0.15) is 35.6 Å². The summed E-state index contributed by atoms with van der Waals surface area (Å²) in [4.78, 5) is 4.69. The highest BCUT2D eigenvalue weighted by molar-refractivity contribution is 5.79. The molecule has 0 unspecified atom stereocenters. The molecule has 0 radical (unpaired) electrons. The monoisotopic (exact) mass is 367 g/mol. The fourth-order valence-electron chi connectivity index (χ4n) is 2.80. The van der Waals surface area contributed by atoms with Crippen LogP contribution in [0, 0.1) is 13.8 Å². The Balaban J connectivity index is 1.83. The fourth-order valence-corrected chi connectivity index (χ4v) is 2.80. The van der Waals surface area contributed by atoms with E-state index in [1.165, 1.54) is 5.56 Å². The number of benzene rings is 2. The van der Waals surface area contributed by atoms with E-state index in [4.69, 9.17) is 14.3 Å². The van der Waals surface area contributed by atoms with Gasteiger partial charge in [-0.05, 0) is 68.0 Å². The van der Waals surface area contributed by atoms with Crippen molar-refractivity contribution in [1.82, 2.24) is 0 Å². The van der Waals surface area contributed by atoms with Gasteiger partial charge >= 0.3 is 0 Å². The van der Waals surface area contributed by atoms with Gasteiger partial charge in [0, 0.05) is 0 Å². The van der Waals surface area contributed by atoms with Crippen LogP contribution in [0.3, 0.4) is 0 Å². The van der Waals surface area contributed by atoms with Crippen LogP contribution in [0.25, 0.3) is 0 Å². The van der Waals surface area contributed by atoms with E-state index < -0.39 is 0 Å². The van der Waals surface area contributed by atoms with Gasteiger partial charge in [0.1, 0.15) is 25.2 Å². The molecular weight excluding hydrogens is 338 g/mol. The van der Waals surface area contributed by atoms with Crippen molar-refractivity contribution in [1.29, 1.82) is 0 Å². The molecule has 0 N–H and O–H groups in total. The average Bonchev–Trinajstić information content (AvgIpc) is 2.66. The van der Waals surface area contributed by atoms with Gasteiger partial charge in [-0.25, -0.2) is 0 Å². The van der Waals surface area contributed by atoms with Crippen molar-refractivity contribution >= 4 is 6.21 Å². The fraction of sp³-hybridized carbons (Fsp3) is 0.348. The van der Waals surface area contributed by atoms with E-state index in [0.29, 0.717) is 13.2 Å². The first-order chi connectivity index (χ1) is 13.1. The van der Waals surface area contributed by atoms with Gasteiger partial charge in [-0.15, -0.1) is 0 Å². The lowest BCUT2D eigenvalue weighted by atomic mass is 10.1. The van der Waals surface area contributed by atoms with E-state index in [2.05, 4.69) is 31.1 Å². The summed E-state index contributed by atoms with van der Waals surface area (Å²) in [5, 5.41) is 3.77. The number of oxime groups is 1. The van der Waals surface area contributed by atoms with E-state index in [-0.39, 0.29) is 0 Å². The lowest BCUT2D eigenvalue weighted by Crippen LogP contribution is -2.03. The van der Waals surface area contributed by atoms with E-state index in [9.17, 15) is 0 Å². The topological polar surface area (TPSA) is 40.0 Å². The Labute approximate surface area is 162 Å². The van der Waals surface area contributed by atoms with Crippen molar-refractivity contribution in [2.75, 3.05) is 20.3 Å². The first kappa shape index (κ1) is 20.6. The molecule has 0 aliphatic carbocycles. The molecule has 0 heterocycles. The maximum Gasteiger partial charge on any atom is 0.125 e. The smallest absolute Gasteiger partial charge is 0.125 e. The molecule has 0 aliphatic rings. The highest BCUT2D eigenvalue weighted by Crippen LogP contribution is 2.28. The normalized spacial score (nSPS) is 11.3. The Kier molecular flexibility index (Phi) is 8.43.